The molecule has 1 aromatic rings. The molecule has 1 aromatic heterocycles. The zero-order valence-corrected chi connectivity index (χ0v) is 7.81. The molecule has 6 nitrogen and oxygen atoms in total. The summed E-state index contributed by atoms with van der Waals surface area (Å²) >= 11 is 0. The van der Waals surface area contributed by atoms with Crippen LogP contribution in [0.15, 0.2) is 15.7 Å². The summed E-state index contributed by atoms with van der Waals surface area (Å²) in [5.74, 6) is 5.81. The Kier molecular flexibility index (Phi) is 2.24. The van der Waals surface area contributed by atoms with E-state index in [9.17, 15) is 9.59 Å². The van der Waals surface area contributed by atoms with Crippen molar-refractivity contribution in [3.63, 3.8) is 0 Å². The van der Waals surface area contributed by atoms with E-state index in [1.165, 1.54) is 22.7 Å². The zero-order valence-electron chi connectivity index (χ0n) is 7.81. The van der Waals surface area contributed by atoms with Gasteiger partial charge in [-0.05, 0) is 0 Å². The van der Waals surface area contributed by atoms with Crippen LogP contribution >= 0.6 is 0 Å². The molecule has 72 valence electrons. The van der Waals surface area contributed by atoms with E-state index in [0.29, 0.717) is 5.82 Å². The fourth-order valence-corrected chi connectivity index (χ4v) is 1.06. The van der Waals surface area contributed by atoms with Gasteiger partial charge in [0, 0.05) is 27.2 Å². The van der Waals surface area contributed by atoms with Gasteiger partial charge < -0.3 is 0 Å². The van der Waals surface area contributed by atoms with Gasteiger partial charge in [-0.3, -0.25) is 18.9 Å². The van der Waals surface area contributed by atoms with Crippen molar-refractivity contribution in [2.24, 2.45) is 19.9 Å². The number of hydrogen-bond acceptors (Lipinski definition) is 4. The van der Waals surface area contributed by atoms with Gasteiger partial charge in [-0.2, -0.15) is 0 Å². The monoisotopic (exact) mass is 184 g/mol. The summed E-state index contributed by atoms with van der Waals surface area (Å²) in [4.78, 5) is 22.5. The lowest BCUT2D eigenvalue weighted by atomic mass is 10.5. The van der Waals surface area contributed by atoms with E-state index < -0.39 is 0 Å². The van der Waals surface area contributed by atoms with Crippen LogP contribution in [0.4, 0.5) is 5.82 Å². The predicted molar refractivity (Wildman–Crippen MR) is 49.5 cm³/mol. The molecule has 0 radical (unpaired) electrons. The van der Waals surface area contributed by atoms with Crippen LogP contribution in [-0.4, -0.2) is 16.2 Å². The molecule has 0 aliphatic carbocycles. The lowest BCUT2D eigenvalue weighted by Crippen LogP contribution is -2.41. The van der Waals surface area contributed by atoms with E-state index in [0.717, 1.165) is 4.57 Å². The fourth-order valence-electron chi connectivity index (χ4n) is 1.06. The van der Waals surface area contributed by atoms with E-state index in [-0.39, 0.29) is 11.2 Å². The highest BCUT2D eigenvalue weighted by molar-refractivity contribution is 5.34. The first-order valence-electron chi connectivity index (χ1n) is 3.70. The highest BCUT2D eigenvalue weighted by atomic mass is 16.2. The Morgan fingerprint density at radius 1 is 1.31 bits per heavy atom. The fraction of sp³-hybridized carbons (Fsp3) is 0.429. The van der Waals surface area contributed by atoms with Gasteiger partial charge in [0.2, 0.25) is 0 Å². The van der Waals surface area contributed by atoms with Crippen molar-refractivity contribution in [3.8, 4) is 0 Å². The summed E-state index contributed by atoms with van der Waals surface area (Å²) in [5.41, 5.74) is -0.754. The third kappa shape index (κ3) is 1.48. The molecule has 13 heavy (non-hydrogen) atoms. The molecule has 1 rings (SSSR count). The minimum absolute atomic E-state index is 0.365. The van der Waals surface area contributed by atoms with Crippen LogP contribution in [0, 0.1) is 0 Å². The molecule has 0 saturated carbocycles. The Morgan fingerprint density at radius 3 is 2.31 bits per heavy atom. The van der Waals surface area contributed by atoms with Crippen LogP contribution < -0.4 is 22.1 Å². The van der Waals surface area contributed by atoms with Crippen molar-refractivity contribution in [2.45, 2.75) is 0 Å². The van der Waals surface area contributed by atoms with Gasteiger partial charge in [-0.15, -0.1) is 0 Å². The van der Waals surface area contributed by atoms with Gasteiger partial charge in [0.25, 0.3) is 5.56 Å². The van der Waals surface area contributed by atoms with Crippen molar-refractivity contribution < 1.29 is 0 Å². The molecule has 0 amide bonds. The van der Waals surface area contributed by atoms with Crippen LogP contribution in [0.5, 0.6) is 0 Å². The van der Waals surface area contributed by atoms with Crippen molar-refractivity contribution in [1.82, 2.24) is 9.13 Å². The molecule has 0 bridgehead atoms. The quantitative estimate of drug-likeness (QED) is 0.421. The van der Waals surface area contributed by atoms with Crippen LogP contribution in [-0.2, 0) is 14.1 Å². The minimum atomic E-state index is -0.389. The van der Waals surface area contributed by atoms with E-state index in [2.05, 4.69) is 0 Å². The molecular weight excluding hydrogens is 172 g/mol. The summed E-state index contributed by atoms with van der Waals surface area (Å²) in [5, 5.41) is 1.22. The normalized spacial score (nSPS) is 10.2. The molecule has 6 heteroatoms. The van der Waals surface area contributed by atoms with Gasteiger partial charge in [0.05, 0.1) is 0 Å². The Bertz CT molecular complexity index is 429. The molecule has 2 N–H and O–H groups in total. The van der Waals surface area contributed by atoms with E-state index in [1.54, 1.807) is 14.1 Å². The third-order valence-electron chi connectivity index (χ3n) is 1.86. The molecule has 1 heterocycles. The van der Waals surface area contributed by atoms with Gasteiger partial charge >= 0.3 is 5.69 Å². The summed E-state index contributed by atoms with van der Waals surface area (Å²) in [6.45, 7) is 0. The molecule has 0 aliphatic heterocycles. The third-order valence-corrected chi connectivity index (χ3v) is 1.86. The van der Waals surface area contributed by atoms with Crippen molar-refractivity contribution in [1.29, 1.82) is 0 Å². The molecule has 0 spiro atoms. The Labute approximate surface area is 74.8 Å². The number of hydrazine groups is 1. The second kappa shape index (κ2) is 3.06. The van der Waals surface area contributed by atoms with E-state index in [1.807, 2.05) is 0 Å². The molecule has 0 fully saturated rings. The second-order valence-electron chi connectivity index (χ2n) is 2.85. The second-order valence-corrected chi connectivity index (χ2v) is 2.85. The lowest BCUT2D eigenvalue weighted by Gasteiger charge is -2.15. The maximum atomic E-state index is 11.4. The zero-order chi connectivity index (χ0) is 10.2. The molecule has 0 saturated heterocycles. The first-order valence-corrected chi connectivity index (χ1v) is 3.70. The topological polar surface area (TPSA) is 73.3 Å². The highest BCUT2D eigenvalue weighted by Crippen LogP contribution is 1.99. The predicted octanol–water partition coefficient (Wildman–Crippen LogP) is -1.61. The van der Waals surface area contributed by atoms with Crippen LogP contribution in [0.1, 0.15) is 0 Å². The molecule has 0 aliphatic rings. The van der Waals surface area contributed by atoms with Crippen LogP contribution in [0.2, 0.25) is 0 Å². The number of anilines is 1. The summed E-state index contributed by atoms with van der Waals surface area (Å²) in [6.07, 6.45) is 0. The smallest absolute Gasteiger partial charge is 0.299 e. The molecular formula is C7H12N4O2. The maximum Gasteiger partial charge on any atom is 0.332 e. The van der Waals surface area contributed by atoms with E-state index >= 15 is 0 Å². The minimum Gasteiger partial charge on any atom is -0.299 e. The summed E-state index contributed by atoms with van der Waals surface area (Å²) in [6, 6.07) is 1.31. The molecule has 0 unspecified atom stereocenters. The van der Waals surface area contributed by atoms with E-state index in [4.69, 9.17) is 5.84 Å². The van der Waals surface area contributed by atoms with Crippen molar-refractivity contribution in [3.05, 3.63) is 26.9 Å². The van der Waals surface area contributed by atoms with Gasteiger partial charge in [-0.25, -0.2) is 10.6 Å². The molecule has 0 aromatic carbocycles. The summed E-state index contributed by atoms with van der Waals surface area (Å²) in [7, 11) is 4.54. The Morgan fingerprint density at radius 2 is 1.85 bits per heavy atom. The largest absolute Gasteiger partial charge is 0.332 e. The number of aromatic nitrogens is 2. The number of nitrogens with two attached hydrogens (primary N) is 1. The van der Waals surface area contributed by atoms with Crippen LogP contribution in [0.3, 0.4) is 0 Å². The first kappa shape index (κ1) is 9.53. The standard InChI is InChI=1S/C7H12N4O2/c1-9-5(11(3)8)4-6(12)10(2)7(9)13/h4H,8H2,1-3H3. The maximum absolute atomic E-state index is 11.4. The van der Waals surface area contributed by atoms with Gasteiger partial charge in [-0.1, -0.05) is 0 Å². The number of hydrogen-bond donors (Lipinski definition) is 1. The van der Waals surface area contributed by atoms with Crippen LogP contribution in [0.25, 0.3) is 0 Å². The molecule has 0 atom stereocenters. The number of nitrogens with zero attached hydrogens (tertiary/aromatic N) is 3. The highest BCUT2D eigenvalue weighted by Gasteiger charge is 2.06. The summed E-state index contributed by atoms with van der Waals surface area (Å²) < 4.78 is 2.33. The average Bonchev–Trinajstić information content (AvgIpc) is 2.07. The average molecular weight is 184 g/mol. The first-order chi connectivity index (χ1) is 5.95. The number of rotatable bonds is 1. The Balaban J connectivity index is 3.60. The SMILES string of the molecule is CN(N)c1cc(=O)n(C)c(=O)n1C. The van der Waals surface area contributed by atoms with Gasteiger partial charge in [0.15, 0.2) is 0 Å². The van der Waals surface area contributed by atoms with Crippen molar-refractivity contribution in [2.75, 3.05) is 12.1 Å². The van der Waals surface area contributed by atoms with Crippen molar-refractivity contribution >= 4 is 5.82 Å². The Hall–Kier alpha value is -1.56. The lowest BCUT2D eigenvalue weighted by molar-refractivity contribution is 0.675. The van der Waals surface area contributed by atoms with Gasteiger partial charge in [0.1, 0.15) is 5.82 Å².